The van der Waals surface area contributed by atoms with Gasteiger partial charge in [0, 0.05) is 6.04 Å². The maximum Gasteiger partial charge on any atom is 0.0383 e. The van der Waals surface area contributed by atoms with Gasteiger partial charge in [-0.3, -0.25) is 0 Å². The predicted octanol–water partition coefficient (Wildman–Crippen LogP) is 2.09. The Hall–Kier alpha value is -0.890. The highest BCUT2D eigenvalue weighted by Gasteiger charge is 1.99. The molecule has 0 amide bonds. The molecule has 0 aromatic heterocycles. The van der Waals surface area contributed by atoms with Crippen LogP contribution in [0.5, 0.6) is 0 Å². The monoisotopic (exact) mass is 153 g/mol. The first-order chi connectivity index (χ1) is 5.33. The van der Waals surface area contributed by atoms with Crippen molar-refractivity contribution in [3.63, 3.8) is 0 Å². The van der Waals surface area contributed by atoms with E-state index in [0.717, 1.165) is 12.0 Å². The van der Waals surface area contributed by atoms with Crippen molar-refractivity contribution < 1.29 is 4.48 Å². The normalized spacial score (nSPS) is 12.9. The van der Waals surface area contributed by atoms with Crippen molar-refractivity contribution in [1.82, 2.24) is 5.54 Å². The van der Waals surface area contributed by atoms with E-state index in [1.165, 1.54) is 0 Å². The third kappa shape index (κ3) is 2.68. The van der Waals surface area contributed by atoms with Crippen molar-refractivity contribution in [2.24, 2.45) is 0 Å². The summed E-state index contributed by atoms with van der Waals surface area (Å²) in [4.78, 5) is 0. The maximum atomic E-state index is 11.8. The van der Waals surface area contributed by atoms with Crippen molar-refractivity contribution in [2.75, 3.05) is 0 Å². The summed E-state index contributed by atoms with van der Waals surface area (Å²) in [5.74, 6) is 0. The van der Waals surface area contributed by atoms with Gasteiger partial charge in [-0.2, -0.15) is 5.54 Å². The Bertz CT molecular complexity index is 198. The molecule has 0 aliphatic carbocycles. The standard InChI is InChI=1S/C9H12FN/c1-8(11-10)7-9-5-3-2-4-6-9/h2-6,8,11H,7H2,1H3/t8-/m0/s1. The lowest BCUT2D eigenvalue weighted by molar-refractivity contribution is 0.281. The fourth-order valence-corrected chi connectivity index (χ4v) is 1.01. The van der Waals surface area contributed by atoms with Gasteiger partial charge in [0.2, 0.25) is 0 Å². The van der Waals surface area contributed by atoms with Crippen LogP contribution in [-0.4, -0.2) is 6.04 Å². The van der Waals surface area contributed by atoms with Crippen LogP contribution in [0.15, 0.2) is 30.3 Å². The van der Waals surface area contributed by atoms with E-state index in [-0.39, 0.29) is 6.04 Å². The molecule has 0 saturated heterocycles. The summed E-state index contributed by atoms with van der Waals surface area (Å²) in [6.45, 7) is 1.81. The number of halogens is 1. The average molecular weight is 153 g/mol. The van der Waals surface area contributed by atoms with Crippen LogP contribution in [0.25, 0.3) is 0 Å². The van der Waals surface area contributed by atoms with E-state index in [1.807, 2.05) is 37.3 Å². The Balaban J connectivity index is 2.51. The Morgan fingerprint density at radius 1 is 1.36 bits per heavy atom. The molecule has 60 valence electrons. The number of benzene rings is 1. The predicted molar refractivity (Wildman–Crippen MR) is 43.9 cm³/mol. The molecule has 1 N–H and O–H groups in total. The van der Waals surface area contributed by atoms with Crippen LogP contribution < -0.4 is 5.54 Å². The molecular weight excluding hydrogens is 141 g/mol. The van der Waals surface area contributed by atoms with Crippen LogP contribution in [0, 0.1) is 0 Å². The molecule has 11 heavy (non-hydrogen) atoms. The van der Waals surface area contributed by atoms with Gasteiger partial charge in [0.05, 0.1) is 0 Å². The molecule has 0 spiro atoms. The number of rotatable bonds is 3. The topological polar surface area (TPSA) is 12.0 Å². The lowest BCUT2D eigenvalue weighted by Crippen LogP contribution is -2.19. The summed E-state index contributed by atoms with van der Waals surface area (Å²) in [5, 5.41) is 0. The first kappa shape index (κ1) is 8.21. The number of hydrogen-bond donors (Lipinski definition) is 1. The highest BCUT2D eigenvalue weighted by atomic mass is 19.2. The zero-order valence-electron chi connectivity index (χ0n) is 6.55. The Labute approximate surface area is 66.2 Å². The largest absolute Gasteiger partial charge is 0.156 e. The van der Waals surface area contributed by atoms with Gasteiger partial charge >= 0.3 is 0 Å². The minimum Gasteiger partial charge on any atom is -0.156 e. The molecule has 0 fully saturated rings. The molecule has 1 atom stereocenters. The summed E-state index contributed by atoms with van der Waals surface area (Å²) >= 11 is 0. The SMILES string of the molecule is C[C@@H](Cc1ccccc1)NF. The summed E-state index contributed by atoms with van der Waals surface area (Å²) < 4.78 is 11.8. The van der Waals surface area contributed by atoms with Crippen LogP contribution in [0.1, 0.15) is 12.5 Å². The lowest BCUT2D eigenvalue weighted by Gasteiger charge is -2.05. The third-order valence-corrected chi connectivity index (χ3v) is 1.57. The smallest absolute Gasteiger partial charge is 0.0383 e. The van der Waals surface area contributed by atoms with Gasteiger partial charge in [0.15, 0.2) is 0 Å². The van der Waals surface area contributed by atoms with Crippen LogP contribution in [0.4, 0.5) is 4.48 Å². The van der Waals surface area contributed by atoms with Crippen LogP contribution in [-0.2, 0) is 6.42 Å². The first-order valence-corrected chi connectivity index (χ1v) is 3.73. The Morgan fingerprint density at radius 2 is 2.00 bits per heavy atom. The Kier molecular flexibility index (Phi) is 3.05. The maximum absolute atomic E-state index is 11.8. The minimum absolute atomic E-state index is 0.0996. The van der Waals surface area contributed by atoms with Crippen LogP contribution >= 0.6 is 0 Å². The molecule has 0 saturated carbocycles. The first-order valence-electron chi connectivity index (χ1n) is 3.73. The lowest BCUT2D eigenvalue weighted by atomic mass is 10.1. The van der Waals surface area contributed by atoms with E-state index in [0.29, 0.717) is 0 Å². The molecule has 0 aliphatic heterocycles. The van der Waals surface area contributed by atoms with E-state index in [4.69, 9.17) is 0 Å². The molecule has 1 aromatic carbocycles. The molecule has 1 aromatic rings. The van der Waals surface area contributed by atoms with Gasteiger partial charge in [-0.15, -0.1) is 4.48 Å². The molecular formula is C9H12FN. The van der Waals surface area contributed by atoms with E-state index in [1.54, 1.807) is 5.54 Å². The van der Waals surface area contributed by atoms with Gasteiger partial charge in [-0.05, 0) is 18.9 Å². The van der Waals surface area contributed by atoms with E-state index >= 15 is 0 Å². The van der Waals surface area contributed by atoms with Crippen molar-refractivity contribution in [2.45, 2.75) is 19.4 Å². The highest BCUT2D eigenvalue weighted by Crippen LogP contribution is 2.02. The quantitative estimate of drug-likeness (QED) is 0.656. The molecule has 0 aliphatic rings. The van der Waals surface area contributed by atoms with E-state index in [9.17, 15) is 4.48 Å². The fourth-order valence-electron chi connectivity index (χ4n) is 1.01. The highest BCUT2D eigenvalue weighted by molar-refractivity contribution is 5.15. The average Bonchev–Trinajstić information content (AvgIpc) is 2.06. The zero-order chi connectivity index (χ0) is 8.10. The van der Waals surface area contributed by atoms with Crippen molar-refractivity contribution >= 4 is 0 Å². The fraction of sp³-hybridized carbons (Fsp3) is 0.333. The minimum atomic E-state index is -0.0996. The van der Waals surface area contributed by atoms with Crippen molar-refractivity contribution in [3.05, 3.63) is 35.9 Å². The van der Waals surface area contributed by atoms with E-state index < -0.39 is 0 Å². The van der Waals surface area contributed by atoms with Crippen molar-refractivity contribution in [3.8, 4) is 0 Å². The van der Waals surface area contributed by atoms with Crippen LogP contribution in [0.3, 0.4) is 0 Å². The van der Waals surface area contributed by atoms with Crippen molar-refractivity contribution in [1.29, 1.82) is 0 Å². The molecule has 1 nitrogen and oxygen atoms in total. The third-order valence-electron chi connectivity index (χ3n) is 1.57. The van der Waals surface area contributed by atoms with Crippen LogP contribution in [0.2, 0.25) is 0 Å². The van der Waals surface area contributed by atoms with E-state index in [2.05, 4.69) is 0 Å². The molecule has 0 bridgehead atoms. The summed E-state index contributed by atoms with van der Waals surface area (Å²) in [6.07, 6.45) is 0.733. The number of nitrogens with one attached hydrogen (secondary N) is 1. The second-order valence-electron chi connectivity index (χ2n) is 2.70. The molecule has 0 heterocycles. The van der Waals surface area contributed by atoms with Gasteiger partial charge in [0.1, 0.15) is 0 Å². The van der Waals surface area contributed by atoms with Gasteiger partial charge in [-0.25, -0.2) is 0 Å². The second kappa shape index (κ2) is 4.09. The van der Waals surface area contributed by atoms with Gasteiger partial charge in [-0.1, -0.05) is 30.3 Å². The van der Waals surface area contributed by atoms with Gasteiger partial charge in [0.25, 0.3) is 0 Å². The molecule has 1 rings (SSSR count). The number of hydrogen-bond acceptors (Lipinski definition) is 1. The summed E-state index contributed by atoms with van der Waals surface area (Å²) in [6, 6.07) is 9.76. The second-order valence-corrected chi connectivity index (χ2v) is 2.70. The molecule has 0 unspecified atom stereocenters. The zero-order valence-corrected chi connectivity index (χ0v) is 6.55. The Morgan fingerprint density at radius 3 is 2.55 bits per heavy atom. The van der Waals surface area contributed by atoms with Gasteiger partial charge < -0.3 is 0 Å². The summed E-state index contributed by atoms with van der Waals surface area (Å²) in [7, 11) is 0. The summed E-state index contributed by atoms with van der Waals surface area (Å²) in [5.41, 5.74) is 2.87. The molecule has 0 radical (unpaired) electrons. The molecule has 2 heteroatoms.